The van der Waals surface area contributed by atoms with Crippen molar-refractivity contribution in [3.8, 4) is 11.5 Å². The molecule has 0 spiro atoms. The van der Waals surface area contributed by atoms with Crippen molar-refractivity contribution in [2.24, 2.45) is 10.7 Å². The maximum Gasteiger partial charge on any atom is 0.338 e. The molecule has 2 aromatic carbocycles. The van der Waals surface area contributed by atoms with E-state index in [0.29, 0.717) is 27.9 Å². The van der Waals surface area contributed by atoms with Crippen LogP contribution in [-0.4, -0.2) is 53.9 Å². The summed E-state index contributed by atoms with van der Waals surface area (Å²) in [5, 5.41) is -0.217. The third-order valence-corrected chi connectivity index (χ3v) is 5.97. The van der Waals surface area contributed by atoms with Crippen LogP contribution < -0.4 is 15.2 Å². The van der Waals surface area contributed by atoms with Crippen LogP contribution in [0.1, 0.15) is 29.3 Å². The van der Waals surface area contributed by atoms with E-state index in [1.165, 1.54) is 23.8 Å². The van der Waals surface area contributed by atoms with Gasteiger partial charge in [-0.05, 0) is 48.9 Å². The number of carbonyl (C=O) groups excluding carboxylic acids is 3. The van der Waals surface area contributed by atoms with E-state index in [1.807, 2.05) is 6.07 Å². The van der Waals surface area contributed by atoms with Crippen molar-refractivity contribution in [1.29, 1.82) is 0 Å². The highest BCUT2D eigenvalue weighted by Crippen LogP contribution is 2.34. The zero-order valence-corrected chi connectivity index (χ0v) is 19.4. The predicted octanol–water partition coefficient (Wildman–Crippen LogP) is 2.89. The molecule has 10 heteroatoms. The Labute approximate surface area is 195 Å². The Bertz CT molecular complexity index is 1070. The van der Waals surface area contributed by atoms with E-state index >= 15 is 0 Å². The number of hydrogen-bond donors (Lipinski definition) is 1. The number of hydrogen-bond acceptors (Lipinski definition) is 8. The number of carbonyl (C=O) groups is 3. The van der Waals surface area contributed by atoms with Crippen molar-refractivity contribution in [2.45, 2.75) is 25.1 Å². The summed E-state index contributed by atoms with van der Waals surface area (Å²) in [6, 6.07) is 11.9. The van der Waals surface area contributed by atoms with Gasteiger partial charge in [-0.1, -0.05) is 17.8 Å². The number of thioether (sulfide) groups is 1. The Morgan fingerprint density at radius 1 is 1.09 bits per heavy atom. The first kappa shape index (κ1) is 24.1. The molecule has 0 bridgehead atoms. The summed E-state index contributed by atoms with van der Waals surface area (Å²) in [5.74, 6) is -0.122. The fraction of sp³-hybridized carbons (Fsp3) is 0.304. The summed E-state index contributed by atoms with van der Waals surface area (Å²) in [7, 11) is 3.08. The molecule has 1 unspecified atom stereocenters. The summed E-state index contributed by atoms with van der Waals surface area (Å²) >= 11 is 1.18. The number of ether oxygens (including phenoxy) is 3. The third-order valence-electron chi connectivity index (χ3n) is 4.80. The van der Waals surface area contributed by atoms with E-state index in [2.05, 4.69) is 4.99 Å². The Morgan fingerprint density at radius 3 is 2.39 bits per heavy atom. The molecule has 1 saturated heterocycles. The lowest BCUT2D eigenvalue weighted by atomic mass is 10.1. The number of aliphatic imine (C=N–C) groups is 1. The lowest BCUT2D eigenvalue weighted by Gasteiger charge is -2.18. The average Bonchev–Trinajstić information content (AvgIpc) is 3.07. The first-order chi connectivity index (χ1) is 15.9. The summed E-state index contributed by atoms with van der Waals surface area (Å²) in [6.45, 7) is 2.25. The highest BCUT2D eigenvalue weighted by molar-refractivity contribution is 8.15. The minimum atomic E-state index is -0.653. The van der Waals surface area contributed by atoms with Crippen LogP contribution in [0.5, 0.6) is 11.5 Å². The Kier molecular flexibility index (Phi) is 7.94. The molecule has 0 aromatic heterocycles. The van der Waals surface area contributed by atoms with Crippen molar-refractivity contribution in [3.63, 3.8) is 0 Å². The third kappa shape index (κ3) is 5.83. The van der Waals surface area contributed by atoms with Gasteiger partial charge in [0.25, 0.3) is 0 Å². The van der Waals surface area contributed by atoms with Crippen LogP contribution in [0.25, 0.3) is 0 Å². The topological polar surface area (TPSA) is 121 Å². The molecule has 1 aliphatic rings. The van der Waals surface area contributed by atoms with Crippen LogP contribution >= 0.6 is 11.8 Å². The van der Waals surface area contributed by atoms with Crippen molar-refractivity contribution in [3.05, 3.63) is 53.6 Å². The molecular formula is C23H25N3O6S. The fourth-order valence-electron chi connectivity index (χ4n) is 3.21. The van der Waals surface area contributed by atoms with Gasteiger partial charge < -0.3 is 19.9 Å². The number of primary amides is 1. The van der Waals surface area contributed by atoms with Gasteiger partial charge in [0.1, 0.15) is 5.25 Å². The molecule has 1 fully saturated rings. The molecule has 0 radical (unpaired) electrons. The molecule has 1 heterocycles. The summed E-state index contributed by atoms with van der Waals surface area (Å²) in [5.41, 5.74) is 7.09. The normalized spacial score (nSPS) is 16.7. The van der Waals surface area contributed by atoms with E-state index in [-0.39, 0.29) is 25.5 Å². The van der Waals surface area contributed by atoms with E-state index < -0.39 is 17.1 Å². The molecule has 1 aliphatic heterocycles. The minimum Gasteiger partial charge on any atom is -0.493 e. The van der Waals surface area contributed by atoms with Crippen molar-refractivity contribution < 1.29 is 28.6 Å². The second kappa shape index (κ2) is 10.9. The number of amides is 2. The van der Waals surface area contributed by atoms with E-state index in [9.17, 15) is 14.4 Å². The molecule has 0 saturated carbocycles. The highest BCUT2D eigenvalue weighted by Gasteiger charge is 2.39. The summed E-state index contributed by atoms with van der Waals surface area (Å²) < 4.78 is 15.6. The number of amidine groups is 1. The van der Waals surface area contributed by atoms with E-state index in [1.54, 1.807) is 50.4 Å². The van der Waals surface area contributed by atoms with Crippen molar-refractivity contribution in [1.82, 2.24) is 4.90 Å². The molecule has 2 N–H and O–H groups in total. The second-order valence-corrected chi connectivity index (χ2v) is 8.22. The van der Waals surface area contributed by atoms with Gasteiger partial charge >= 0.3 is 5.97 Å². The first-order valence-corrected chi connectivity index (χ1v) is 11.1. The van der Waals surface area contributed by atoms with Crippen LogP contribution in [0, 0.1) is 0 Å². The molecular weight excluding hydrogens is 446 g/mol. The highest BCUT2D eigenvalue weighted by atomic mass is 32.2. The quantitative estimate of drug-likeness (QED) is 0.558. The standard InChI is InChI=1S/C23H25N3O6S/c1-4-32-22(29)15-6-8-16(9-7-15)25-23-26(21(28)19(33-23)12-20(24)27)13-14-5-10-17(30-2)18(11-14)31-3/h5-11,19H,4,12-13H2,1-3H3,(H2,24,27). The Morgan fingerprint density at radius 2 is 1.79 bits per heavy atom. The SMILES string of the molecule is CCOC(=O)c1ccc(N=C2SC(CC(N)=O)C(=O)N2Cc2ccc(OC)c(OC)c2)cc1. The van der Waals surface area contributed by atoms with Crippen LogP contribution in [0.4, 0.5) is 5.69 Å². The molecule has 9 nitrogen and oxygen atoms in total. The number of esters is 1. The van der Waals surface area contributed by atoms with Crippen LogP contribution in [-0.2, 0) is 20.9 Å². The van der Waals surface area contributed by atoms with E-state index in [4.69, 9.17) is 19.9 Å². The first-order valence-electron chi connectivity index (χ1n) is 10.2. The maximum atomic E-state index is 13.0. The van der Waals surface area contributed by atoms with Gasteiger partial charge in [-0.3, -0.25) is 14.5 Å². The predicted molar refractivity (Wildman–Crippen MR) is 125 cm³/mol. The smallest absolute Gasteiger partial charge is 0.338 e. The number of nitrogens with two attached hydrogens (primary N) is 1. The maximum absolute atomic E-state index is 13.0. The molecule has 2 amide bonds. The monoisotopic (exact) mass is 471 g/mol. The number of benzene rings is 2. The summed E-state index contributed by atoms with van der Waals surface area (Å²) in [4.78, 5) is 42.5. The second-order valence-electron chi connectivity index (χ2n) is 7.05. The van der Waals surface area contributed by atoms with Crippen LogP contribution in [0.3, 0.4) is 0 Å². The van der Waals surface area contributed by atoms with E-state index in [0.717, 1.165) is 5.56 Å². The van der Waals surface area contributed by atoms with Gasteiger partial charge in [-0.25, -0.2) is 9.79 Å². The minimum absolute atomic E-state index is 0.0905. The van der Waals surface area contributed by atoms with Gasteiger partial charge in [0.05, 0.1) is 38.6 Å². The zero-order valence-electron chi connectivity index (χ0n) is 18.6. The van der Waals surface area contributed by atoms with Crippen LogP contribution in [0.2, 0.25) is 0 Å². The van der Waals surface area contributed by atoms with Gasteiger partial charge in [0.2, 0.25) is 11.8 Å². The number of nitrogens with zero attached hydrogens (tertiary/aromatic N) is 2. The molecule has 3 rings (SSSR count). The molecule has 1 atom stereocenters. The van der Waals surface area contributed by atoms with Crippen molar-refractivity contribution >= 4 is 40.4 Å². The fourth-order valence-corrected chi connectivity index (χ4v) is 4.38. The lowest BCUT2D eigenvalue weighted by molar-refractivity contribution is -0.128. The van der Waals surface area contributed by atoms with Crippen molar-refractivity contribution in [2.75, 3.05) is 20.8 Å². The molecule has 33 heavy (non-hydrogen) atoms. The van der Waals surface area contributed by atoms with Crippen LogP contribution in [0.15, 0.2) is 47.5 Å². The zero-order chi connectivity index (χ0) is 24.0. The Balaban J connectivity index is 1.89. The lowest BCUT2D eigenvalue weighted by Crippen LogP contribution is -2.33. The van der Waals surface area contributed by atoms with Gasteiger partial charge in [0, 0.05) is 6.42 Å². The van der Waals surface area contributed by atoms with Gasteiger partial charge in [-0.2, -0.15) is 0 Å². The summed E-state index contributed by atoms with van der Waals surface area (Å²) in [6.07, 6.45) is -0.0905. The molecule has 174 valence electrons. The molecule has 0 aliphatic carbocycles. The van der Waals surface area contributed by atoms with Gasteiger partial charge in [0.15, 0.2) is 16.7 Å². The Hall–Kier alpha value is -3.53. The number of methoxy groups -OCH3 is 2. The van der Waals surface area contributed by atoms with Gasteiger partial charge in [-0.15, -0.1) is 0 Å². The largest absolute Gasteiger partial charge is 0.493 e. The number of rotatable bonds is 9. The molecule has 2 aromatic rings. The average molecular weight is 472 g/mol.